The number of rotatable bonds is 5. The lowest BCUT2D eigenvalue weighted by molar-refractivity contribution is -0.186. The van der Waals surface area contributed by atoms with E-state index < -0.39 is 46.9 Å². The van der Waals surface area contributed by atoms with Gasteiger partial charge in [-0.05, 0) is 55.2 Å². The fourth-order valence-corrected chi connectivity index (χ4v) is 7.49. The SMILES string of the molecule is C=CCN1CC[C@]23c4c5ccc(O)c4OC2C(N(C)C(=O)/C=C/c2cccc(C(F)(F)F)c2)CC[C@@]3(O)[C@H]1C5=O. The zero-order valence-corrected chi connectivity index (χ0v) is 21.8. The molecule has 4 aliphatic rings. The van der Waals surface area contributed by atoms with Gasteiger partial charge in [-0.3, -0.25) is 14.5 Å². The minimum Gasteiger partial charge on any atom is -0.504 e. The molecular weight excluding hydrogens is 525 g/mol. The van der Waals surface area contributed by atoms with Crippen LogP contribution >= 0.6 is 0 Å². The second-order valence-corrected chi connectivity index (χ2v) is 11.1. The van der Waals surface area contributed by atoms with Crippen LogP contribution in [0.4, 0.5) is 13.2 Å². The summed E-state index contributed by atoms with van der Waals surface area (Å²) >= 11 is 0. The van der Waals surface area contributed by atoms with E-state index in [2.05, 4.69) is 6.58 Å². The molecule has 2 fully saturated rings. The Morgan fingerprint density at radius 2 is 2.05 bits per heavy atom. The second kappa shape index (κ2) is 8.94. The Bertz CT molecular complexity index is 1460. The third-order valence-corrected chi connectivity index (χ3v) is 9.22. The van der Waals surface area contributed by atoms with Gasteiger partial charge in [-0.25, -0.2) is 0 Å². The molecule has 0 radical (unpaired) electrons. The predicted octanol–water partition coefficient (Wildman–Crippen LogP) is 3.93. The molecule has 2 N–H and O–H groups in total. The minimum atomic E-state index is -4.50. The van der Waals surface area contributed by atoms with Crippen LogP contribution in [-0.2, 0) is 16.4 Å². The molecule has 6 rings (SSSR count). The molecule has 1 saturated heterocycles. The third kappa shape index (κ3) is 3.51. The van der Waals surface area contributed by atoms with Gasteiger partial charge >= 0.3 is 6.18 Å². The van der Waals surface area contributed by atoms with Crippen molar-refractivity contribution in [2.45, 2.75) is 54.6 Å². The summed E-state index contributed by atoms with van der Waals surface area (Å²) in [4.78, 5) is 30.5. The normalized spacial score (nSPS) is 30.6. The highest BCUT2D eigenvalue weighted by molar-refractivity contribution is 6.06. The zero-order valence-electron chi connectivity index (χ0n) is 21.8. The topological polar surface area (TPSA) is 90.3 Å². The van der Waals surface area contributed by atoms with E-state index in [1.54, 1.807) is 19.2 Å². The van der Waals surface area contributed by atoms with Gasteiger partial charge in [0.2, 0.25) is 5.91 Å². The van der Waals surface area contributed by atoms with Crippen molar-refractivity contribution in [3.8, 4) is 11.5 Å². The van der Waals surface area contributed by atoms with Crippen LogP contribution in [0.2, 0.25) is 0 Å². The Hall–Kier alpha value is -3.63. The number of carbonyl (C=O) groups excluding carboxylic acids is 2. The molecule has 0 aromatic heterocycles. The number of ether oxygens (including phenoxy) is 1. The van der Waals surface area contributed by atoms with Gasteiger partial charge in [0.05, 0.1) is 17.0 Å². The van der Waals surface area contributed by atoms with Gasteiger partial charge in [0.25, 0.3) is 0 Å². The number of likely N-dealkylation sites (tertiary alicyclic amines) is 1. The number of phenolic OH excluding ortho intramolecular Hbond substituents is 1. The van der Waals surface area contributed by atoms with Gasteiger partial charge in [-0.15, -0.1) is 6.58 Å². The number of carbonyl (C=O) groups is 2. The molecule has 2 unspecified atom stereocenters. The first-order chi connectivity index (χ1) is 18.9. The van der Waals surface area contributed by atoms with Crippen molar-refractivity contribution in [3.05, 3.63) is 77.4 Å². The average Bonchev–Trinajstić information content (AvgIpc) is 3.27. The number of amides is 1. The van der Waals surface area contributed by atoms with Crippen LogP contribution < -0.4 is 4.74 Å². The third-order valence-electron chi connectivity index (χ3n) is 9.22. The van der Waals surface area contributed by atoms with E-state index in [-0.39, 0.29) is 29.3 Å². The quantitative estimate of drug-likeness (QED) is 0.430. The summed E-state index contributed by atoms with van der Waals surface area (Å²) in [5.41, 5.74) is -2.19. The fourth-order valence-electron chi connectivity index (χ4n) is 7.49. The van der Waals surface area contributed by atoms with E-state index in [0.717, 1.165) is 12.1 Å². The molecule has 10 heteroatoms. The fraction of sp³-hybridized carbons (Fsp3) is 0.400. The summed E-state index contributed by atoms with van der Waals surface area (Å²) in [6.07, 6.45) is -0.0172. The largest absolute Gasteiger partial charge is 0.504 e. The Labute approximate surface area is 229 Å². The van der Waals surface area contributed by atoms with E-state index in [1.165, 1.54) is 35.3 Å². The first-order valence-corrected chi connectivity index (χ1v) is 13.2. The summed E-state index contributed by atoms with van der Waals surface area (Å²) in [7, 11) is 1.59. The van der Waals surface area contributed by atoms with Gasteiger partial charge in [0, 0.05) is 37.3 Å². The number of Topliss-reactive ketones (excluding diaryl/α,β-unsaturated/α-hetero) is 1. The number of phenols is 1. The van der Waals surface area contributed by atoms with Crippen LogP contribution in [0.5, 0.6) is 11.5 Å². The molecule has 2 bridgehead atoms. The highest BCUT2D eigenvalue weighted by Gasteiger charge is 2.75. The predicted molar refractivity (Wildman–Crippen MR) is 140 cm³/mol. The molecule has 1 saturated carbocycles. The molecule has 2 aliphatic heterocycles. The standard InChI is InChI=1S/C30H29F3N2O5/c1-3-14-35-15-13-28-23-19-8-9-21(36)25(23)40-27(28)20(11-12-29(28,39)26(35)24(19)38)34(2)22(37)10-7-17-5-4-6-18(16-17)30(31,32)33/h3-10,16,20,26-27,36,39H,1,11-15H2,2H3/b10-7+/t20?,26-,27?,28+,29-/m1/s1. The summed E-state index contributed by atoms with van der Waals surface area (Å²) in [6.45, 7) is 4.71. The molecule has 210 valence electrons. The van der Waals surface area contributed by atoms with Gasteiger partial charge < -0.3 is 19.8 Å². The van der Waals surface area contributed by atoms with E-state index in [1.807, 2.05) is 4.90 Å². The van der Waals surface area contributed by atoms with Crippen LogP contribution in [0.15, 0.2) is 55.1 Å². The number of ketones is 1. The molecule has 7 nitrogen and oxygen atoms in total. The molecule has 40 heavy (non-hydrogen) atoms. The maximum atomic E-state index is 13.8. The summed E-state index contributed by atoms with van der Waals surface area (Å²) < 4.78 is 45.7. The van der Waals surface area contributed by atoms with Crippen molar-refractivity contribution in [2.24, 2.45) is 0 Å². The number of benzene rings is 2. The summed E-state index contributed by atoms with van der Waals surface area (Å²) in [5.74, 6) is -0.646. The summed E-state index contributed by atoms with van der Waals surface area (Å²) in [6, 6.07) is 6.34. The van der Waals surface area contributed by atoms with Crippen molar-refractivity contribution in [1.29, 1.82) is 0 Å². The smallest absolute Gasteiger partial charge is 0.416 e. The molecule has 2 aliphatic carbocycles. The van der Waals surface area contributed by atoms with Crippen LogP contribution in [0.3, 0.4) is 0 Å². The van der Waals surface area contributed by atoms with Gasteiger partial charge in [-0.2, -0.15) is 13.2 Å². The second-order valence-electron chi connectivity index (χ2n) is 11.1. The van der Waals surface area contributed by atoms with Crippen molar-refractivity contribution in [2.75, 3.05) is 20.1 Å². The number of halogens is 3. The average molecular weight is 555 g/mol. The lowest BCUT2D eigenvalue weighted by Crippen LogP contribution is -2.79. The van der Waals surface area contributed by atoms with Crippen molar-refractivity contribution >= 4 is 17.8 Å². The Kier molecular flexibility index (Phi) is 5.94. The molecule has 2 heterocycles. The highest BCUT2D eigenvalue weighted by Crippen LogP contribution is 2.65. The lowest BCUT2D eigenvalue weighted by Gasteiger charge is -2.63. The molecule has 2 aromatic rings. The lowest BCUT2D eigenvalue weighted by atomic mass is 9.48. The van der Waals surface area contributed by atoms with E-state index in [0.29, 0.717) is 37.1 Å². The Balaban J connectivity index is 1.36. The van der Waals surface area contributed by atoms with Gasteiger partial charge in [-0.1, -0.05) is 18.2 Å². The number of aliphatic hydroxyl groups is 1. The van der Waals surface area contributed by atoms with E-state index >= 15 is 0 Å². The monoisotopic (exact) mass is 554 g/mol. The number of hydrogen-bond acceptors (Lipinski definition) is 6. The number of aromatic hydroxyl groups is 1. The van der Waals surface area contributed by atoms with Crippen LogP contribution in [0, 0.1) is 0 Å². The molecule has 1 spiro atoms. The molecular formula is C30H29F3N2O5. The van der Waals surface area contributed by atoms with Crippen LogP contribution in [0.1, 0.15) is 46.3 Å². The number of hydrogen-bond donors (Lipinski definition) is 2. The molecule has 2 aromatic carbocycles. The molecule has 1 amide bonds. The van der Waals surface area contributed by atoms with Gasteiger partial charge in [0.15, 0.2) is 17.3 Å². The number of likely N-dealkylation sites (N-methyl/N-ethyl adjacent to an activating group) is 1. The zero-order chi connectivity index (χ0) is 28.6. The van der Waals surface area contributed by atoms with Crippen molar-refractivity contribution < 1.29 is 37.7 Å². The first kappa shape index (κ1) is 26.6. The highest BCUT2D eigenvalue weighted by atomic mass is 19.4. The number of nitrogens with zero attached hydrogens (tertiary/aromatic N) is 2. The molecule has 5 atom stereocenters. The van der Waals surface area contributed by atoms with Gasteiger partial charge in [0.1, 0.15) is 17.7 Å². The van der Waals surface area contributed by atoms with E-state index in [9.17, 15) is 33.0 Å². The summed E-state index contributed by atoms with van der Waals surface area (Å²) in [5, 5.41) is 23.1. The van der Waals surface area contributed by atoms with Crippen LogP contribution in [0.25, 0.3) is 6.08 Å². The van der Waals surface area contributed by atoms with Crippen molar-refractivity contribution in [3.63, 3.8) is 0 Å². The van der Waals surface area contributed by atoms with Crippen molar-refractivity contribution in [1.82, 2.24) is 9.80 Å². The Morgan fingerprint density at radius 1 is 1.27 bits per heavy atom. The Morgan fingerprint density at radius 3 is 2.77 bits per heavy atom. The van der Waals surface area contributed by atoms with E-state index in [4.69, 9.17) is 4.74 Å². The minimum absolute atomic E-state index is 0.137. The maximum absolute atomic E-state index is 13.8. The first-order valence-electron chi connectivity index (χ1n) is 13.2. The number of alkyl halides is 3. The number of piperidine rings is 1. The maximum Gasteiger partial charge on any atom is 0.416 e. The van der Waals surface area contributed by atoms with Crippen LogP contribution in [-0.4, -0.2) is 75.6 Å².